The van der Waals surface area contributed by atoms with Crippen LogP contribution in [0.25, 0.3) is 0 Å². The smallest absolute Gasteiger partial charge is 0.191 e. The Kier molecular flexibility index (Phi) is 6.10. The van der Waals surface area contributed by atoms with E-state index in [1.807, 2.05) is 6.07 Å². The Morgan fingerprint density at radius 3 is 2.65 bits per heavy atom. The molecule has 2 N–H and O–H groups in total. The Bertz CT molecular complexity index is 679. The number of benzene rings is 1. The summed E-state index contributed by atoms with van der Waals surface area (Å²) in [7, 11) is 1.73. The molecule has 0 spiro atoms. The number of aliphatic imine (C=N–C) groups is 1. The summed E-state index contributed by atoms with van der Waals surface area (Å²) >= 11 is 1.65. The van der Waals surface area contributed by atoms with Gasteiger partial charge in [0.2, 0.25) is 0 Å². The number of guanidine groups is 1. The zero-order valence-electron chi connectivity index (χ0n) is 14.0. The van der Waals surface area contributed by atoms with Gasteiger partial charge in [-0.25, -0.2) is 9.37 Å². The summed E-state index contributed by atoms with van der Waals surface area (Å²) < 4.78 is 13.3. The van der Waals surface area contributed by atoms with Crippen LogP contribution in [-0.4, -0.2) is 18.0 Å². The number of aromatic nitrogens is 1. The lowest BCUT2D eigenvalue weighted by atomic mass is 10.1. The van der Waals surface area contributed by atoms with Gasteiger partial charge in [0.25, 0.3) is 0 Å². The molecule has 4 nitrogen and oxygen atoms in total. The van der Waals surface area contributed by atoms with Crippen molar-refractivity contribution in [1.29, 1.82) is 0 Å². The molecule has 1 aromatic carbocycles. The molecule has 0 unspecified atom stereocenters. The van der Waals surface area contributed by atoms with E-state index in [4.69, 9.17) is 0 Å². The fourth-order valence-corrected chi connectivity index (χ4v) is 2.95. The SMILES string of the molecule is CN=C(NCc1ccc(F)c(C)c1)NCc1nc(C(C)C)cs1. The Morgan fingerprint density at radius 2 is 2.04 bits per heavy atom. The first kappa shape index (κ1) is 17.4. The predicted molar refractivity (Wildman–Crippen MR) is 94.4 cm³/mol. The third-order valence-corrected chi connectivity index (χ3v) is 4.34. The van der Waals surface area contributed by atoms with E-state index in [1.54, 1.807) is 31.4 Å². The van der Waals surface area contributed by atoms with Crippen LogP contribution in [0.5, 0.6) is 0 Å². The second kappa shape index (κ2) is 8.06. The highest BCUT2D eigenvalue weighted by Crippen LogP contribution is 2.17. The van der Waals surface area contributed by atoms with Crippen molar-refractivity contribution >= 4 is 17.3 Å². The van der Waals surface area contributed by atoms with Gasteiger partial charge in [0.15, 0.2) is 5.96 Å². The summed E-state index contributed by atoms with van der Waals surface area (Å²) in [6, 6.07) is 5.11. The fraction of sp³-hybridized carbons (Fsp3) is 0.412. The van der Waals surface area contributed by atoms with Crippen molar-refractivity contribution in [1.82, 2.24) is 15.6 Å². The molecule has 1 heterocycles. The number of rotatable bonds is 5. The number of hydrogen-bond acceptors (Lipinski definition) is 3. The minimum atomic E-state index is -0.180. The maximum Gasteiger partial charge on any atom is 0.191 e. The zero-order valence-corrected chi connectivity index (χ0v) is 14.8. The second-order valence-electron chi connectivity index (χ2n) is 5.68. The van der Waals surface area contributed by atoms with Crippen LogP contribution in [0, 0.1) is 12.7 Å². The van der Waals surface area contributed by atoms with Gasteiger partial charge in [0, 0.05) is 19.0 Å². The average molecular weight is 334 g/mol. The van der Waals surface area contributed by atoms with Crippen molar-refractivity contribution in [2.45, 2.75) is 39.8 Å². The highest BCUT2D eigenvalue weighted by Gasteiger charge is 2.06. The molecule has 0 fully saturated rings. The monoisotopic (exact) mass is 334 g/mol. The lowest BCUT2D eigenvalue weighted by Crippen LogP contribution is -2.36. The van der Waals surface area contributed by atoms with E-state index < -0.39 is 0 Å². The van der Waals surface area contributed by atoms with E-state index in [1.165, 1.54) is 6.07 Å². The molecule has 0 radical (unpaired) electrons. The van der Waals surface area contributed by atoms with Gasteiger partial charge in [-0.15, -0.1) is 11.3 Å². The van der Waals surface area contributed by atoms with E-state index in [2.05, 4.69) is 39.8 Å². The number of thiazole rings is 1. The molecule has 2 rings (SSSR count). The molecular formula is C17H23FN4S. The Hall–Kier alpha value is -1.95. The maximum atomic E-state index is 13.3. The number of aryl methyl sites for hydroxylation is 1. The molecule has 6 heteroatoms. The molecule has 0 aliphatic heterocycles. The van der Waals surface area contributed by atoms with Gasteiger partial charge >= 0.3 is 0 Å². The molecule has 124 valence electrons. The molecule has 2 aromatic rings. The summed E-state index contributed by atoms with van der Waals surface area (Å²) in [4.78, 5) is 8.78. The minimum Gasteiger partial charge on any atom is -0.352 e. The quantitative estimate of drug-likeness (QED) is 0.649. The van der Waals surface area contributed by atoms with Crippen molar-refractivity contribution < 1.29 is 4.39 Å². The van der Waals surface area contributed by atoms with Gasteiger partial charge in [-0.05, 0) is 30.0 Å². The molecular weight excluding hydrogens is 311 g/mol. The van der Waals surface area contributed by atoms with Gasteiger partial charge in [-0.3, -0.25) is 4.99 Å². The Labute approximate surface area is 140 Å². The van der Waals surface area contributed by atoms with E-state index >= 15 is 0 Å². The van der Waals surface area contributed by atoms with E-state index in [9.17, 15) is 4.39 Å². The van der Waals surface area contributed by atoms with Crippen molar-refractivity contribution in [2.75, 3.05) is 7.05 Å². The zero-order chi connectivity index (χ0) is 16.8. The van der Waals surface area contributed by atoms with Crippen LogP contribution < -0.4 is 10.6 Å². The number of nitrogens with zero attached hydrogens (tertiary/aromatic N) is 2. The van der Waals surface area contributed by atoms with Crippen LogP contribution in [0.2, 0.25) is 0 Å². The van der Waals surface area contributed by atoms with Crippen LogP contribution in [0.4, 0.5) is 4.39 Å². The molecule has 0 aliphatic rings. The van der Waals surface area contributed by atoms with Crippen LogP contribution in [0.3, 0.4) is 0 Å². The third kappa shape index (κ3) is 5.03. The molecule has 0 aliphatic carbocycles. The number of halogens is 1. The van der Waals surface area contributed by atoms with Crippen molar-refractivity contribution in [3.63, 3.8) is 0 Å². The lowest BCUT2D eigenvalue weighted by Gasteiger charge is -2.11. The van der Waals surface area contributed by atoms with Crippen LogP contribution in [-0.2, 0) is 13.1 Å². The number of nitrogens with one attached hydrogen (secondary N) is 2. The van der Waals surface area contributed by atoms with E-state index in [0.717, 1.165) is 16.3 Å². The van der Waals surface area contributed by atoms with E-state index in [-0.39, 0.29) is 5.82 Å². The van der Waals surface area contributed by atoms with Crippen LogP contribution in [0.15, 0.2) is 28.6 Å². The van der Waals surface area contributed by atoms with E-state index in [0.29, 0.717) is 30.5 Å². The van der Waals surface area contributed by atoms with Crippen LogP contribution >= 0.6 is 11.3 Å². The Morgan fingerprint density at radius 1 is 1.30 bits per heavy atom. The summed E-state index contributed by atoms with van der Waals surface area (Å²) in [5, 5.41) is 9.61. The Balaban J connectivity index is 1.86. The summed E-state index contributed by atoms with van der Waals surface area (Å²) in [5.74, 6) is 0.966. The normalized spacial score (nSPS) is 11.8. The molecule has 0 saturated heterocycles. The second-order valence-corrected chi connectivity index (χ2v) is 6.63. The van der Waals surface area contributed by atoms with Gasteiger partial charge in [-0.1, -0.05) is 26.0 Å². The molecule has 0 atom stereocenters. The molecule has 1 aromatic heterocycles. The first-order valence-electron chi connectivity index (χ1n) is 7.63. The van der Waals surface area contributed by atoms with Gasteiger partial charge in [0.05, 0.1) is 12.2 Å². The van der Waals surface area contributed by atoms with Crippen molar-refractivity contribution in [3.05, 3.63) is 51.2 Å². The molecule has 0 amide bonds. The van der Waals surface area contributed by atoms with Crippen molar-refractivity contribution in [2.24, 2.45) is 4.99 Å². The predicted octanol–water partition coefficient (Wildman–Crippen LogP) is 3.58. The lowest BCUT2D eigenvalue weighted by molar-refractivity contribution is 0.617. The van der Waals surface area contributed by atoms with Crippen LogP contribution in [0.1, 0.15) is 41.6 Å². The molecule has 23 heavy (non-hydrogen) atoms. The largest absolute Gasteiger partial charge is 0.352 e. The molecule has 0 saturated carbocycles. The highest BCUT2D eigenvalue weighted by atomic mass is 32.1. The summed E-state index contributed by atoms with van der Waals surface area (Å²) in [6.07, 6.45) is 0. The number of hydrogen-bond donors (Lipinski definition) is 2. The van der Waals surface area contributed by atoms with Gasteiger partial charge < -0.3 is 10.6 Å². The summed E-state index contributed by atoms with van der Waals surface area (Å²) in [6.45, 7) is 7.27. The first-order chi connectivity index (χ1) is 11.0. The maximum absolute atomic E-state index is 13.3. The fourth-order valence-electron chi connectivity index (χ4n) is 2.05. The molecule has 0 bridgehead atoms. The third-order valence-electron chi connectivity index (χ3n) is 3.47. The van der Waals surface area contributed by atoms with Crippen molar-refractivity contribution in [3.8, 4) is 0 Å². The standard InChI is InChI=1S/C17H23FN4S/c1-11(2)15-10-23-16(22-15)9-21-17(19-4)20-8-13-5-6-14(18)12(3)7-13/h5-7,10-11H,8-9H2,1-4H3,(H2,19,20,21). The van der Waals surface area contributed by atoms with Gasteiger partial charge in [-0.2, -0.15) is 0 Å². The summed E-state index contributed by atoms with van der Waals surface area (Å²) in [5.41, 5.74) is 2.79. The highest BCUT2D eigenvalue weighted by molar-refractivity contribution is 7.09. The topological polar surface area (TPSA) is 49.3 Å². The van der Waals surface area contributed by atoms with Gasteiger partial charge in [0.1, 0.15) is 10.8 Å². The minimum absolute atomic E-state index is 0.180. The average Bonchev–Trinajstić information content (AvgIpc) is 3.00. The first-order valence-corrected chi connectivity index (χ1v) is 8.51.